The molecule has 0 bridgehead atoms. The highest BCUT2D eigenvalue weighted by Crippen LogP contribution is 2.24. The zero-order valence-electron chi connectivity index (χ0n) is 13.3. The molecule has 3 heterocycles. The fourth-order valence-corrected chi connectivity index (χ4v) is 3.17. The number of aryl methyl sites for hydroxylation is 1. The number of rotatable bonds is 5. The summed E-state index contributed by atoms with van der Waals surface area (Å²) in [5.74, 6) is 2.75. The van der Waals surface area contributed by atoms with E-state index in [1.807, 2.05) is 12.1 Å². The van der Waals surface area contributed by atoms with Gasteiger partial charge in [0, 0.05) is 19.5 Å². The van der Waals surface area contributed by atoms with E-state index in [1.165, 1.54) is 6.07 Å². The number of nitrogens with one attached hydrogen (secondary N) is 1. The Kier molecular flexibility index (Phi) is 4.13. The number of hydrogen-bond donors (Lipinski definition) is 1. The standard InChI is InChI=1S/C18H19FN4O/c19-16-4-2-1-3-15(16)17-7-6-14(24-17)10-20-9-13-5-8-18-22-21-12-23(18)11-13/h1-4,6-7,12-13,20H,5,8-11H2/t13-/m0/s1. The summed E-state index contributed by atoms with van der Waals surface area (Å²) < 4.78 is 21.7. The van der Waals surface area contributed by atoms with Gasteiger partial charge in [0.15, 0.2) is 0 Å². The van der Waals surface area contributed by atoms with Gasteiger partial charge in [-0.1, -0.05) is 12.1 Å². The molecule has 0 aliphatic carbocycles. The number of hydrogen-bond acceptors (Lipinski definition) is 4. The molecule has 0 saturated carbocycles. The van der Waals surface area contributed by atoms with Crippen molar-refractivity contribution < 1.29 is 8.81 Å². The second-order valence-electron chi connectivity index (χ2n) is 6.18. The largest absolute Gasteiger partial charge is 0.460 e. The Hall–Kier alpha value is -2.47. The SMILES string of the molecule is Fc1ccccc1-c1ccc(CNC[C@@H]2CCc3nncn3C2)o1. The zero-order valence-corrected chi connectivity index (χ0v) is 13.3. The lowest BCUT2D eigenvalue weighted by molar-refractivity contribution is 0.342. The van der Waals surface area contributed by atoms with Crippen molar-refractivity contribution in [3.8, 4) is 11.3 Å². The molecule has 0 fully saturated rings. The minimum absolute atomic E-state index is 0.265. The van der Waals surface area contributed by atoms with E-state index in [1.54, 1.807) is 24.5 Å². The second-order valence-corrected chi connectivity index (χ2v) is 6.18. The topological polar surface area (TPSA) is 55.9 Å². The van der Waals surface area contributed by atoms with Gasteiger partial charge in [-0.2, -0.15) is 0 Å². The Morgan fingerprint density at radius 1 is 1.25 bits per heavy atom. The maximum absolute atomic E-state index is 13.8. The van der Waals surface area contributed by atoms with Crippen molar-refractivity contribution in [3.63, 3.8) is 0 Å². The molecular formula is C18H19FN4O. The summed E-state index contributed by atoms with van der Waals surface area (Å²) in [7, 11) is 0. The molecule has 4 rings (SSSR count). The number of furan rings is 1. The van der Waals surface area contributed by atoms with Gasteiger partial charge in [0.05, 0.1) is 12.1 Å². The zero-order chi connectivity index (χ0) is 16.4. The van der Waals surface area contributed by atoms with Crippen molar-refractivity contribution in [1.82, 2.24) is 20.1 Å². The molecule has 0 saturated heterocycles. The summed E-state index contributed by atoms with van der Waals surface area (Å²) in [6.45, 7) is 2.50. The van der Waals surface area contributed by atoms with E-state index in [2.05, 4.69) is 20.1 Å². The number of fused-ring (bicyclic) bond motifs is 1. The maximum Gasteiger partial charge on any atom is 0.137 e. The van der Waals surface area contributed by atoms with Gasteiger partial charge in [0.1, 0.15) is 29.5 Å². The van der Waals surface area contributed by atoms with E-state index in [0.717, 1.165) is 37.5 Å². The number of benzene rings is 1. The summed E-state index contributed by atoms with van der Waals surface area (Å²) in [6.07, 6.45) is 3.89. The average molecular weight is 326 g/mol. The molecule has 6 heteroatoms. The van der Waals surface area contributed by atoms with Crippen LogP contribution in [-0.4, -0.2) is 21.3 Å². The number of nitrogens with zero attached hydrogens (tertiary/aromatic N) is 3. The third kappa shape index (κ3) is 3.10. The molecule has 3 aromatic rings. The van der Waals surface area contributed by atoms with Gasteiger partial charge in [0.25, 0.3) is 0 Å². The van der Waals surface area contributed by atoms with E-state index in [-0.39, 0.29) is 5.82 Å². The van der Waals surface area contributed by atoms with E-state index in [0.29, 0.717) is 23.8 Å². The van der Waals surface area contributed by atoms with Gasteiger partial charge in [-0.05, 0) is 36.6 Å². The van der Waals surface area contributed by atoms with Crippen molar-refractivity contribution in [3.05, 3.63) is 60.1 Å². The predicted molar refractivity (Wildman–Crippen MR) is 87.6 cm³/mol. The highest BCUT2D eigenvalue weighted by Gasteiger charge is 2.19. The molecule has 0 unspecified atom stereocenters. The summed E-state index contributed by atoms with van der Waals surface area (Å²) in [4.78, 5) is 0. The monoisotopic (exact) mass is 326 g/mol. The van der Waals surface area contributed by atoms with Crippen LogP contribution in [0.2, 0.25) is 0 Å². The van der Waals surface area contributed by atoms with Crippen LogP contribution in [0.4, 0.5) is 4.39 Å². The smallest absolute Gasteiger partial charge is 0.137 e. The van der Waals surface area contributed by atoms with Crippen molar-refractivity contribution >= 4 is 0 Å². The Morgan fingerprint density at radius 2 is 2.17 bits per heavy atom. The summed E-state index contributed by atoms with van der Waals surface area (Å²) in [6, 6.07) is 10.4. The Balaban J connectivity index is 1.32. The van der Waals surface area contributed by atoms with Crippen LogP contribution in [0.25, 0.3) is 11.3 Å². The molecule has 1 aliphatic heterocycles. The molecule has 0 amide bonds. The van der Waals surface area contributed by atoms with E-state index < -0.39 is 0 Å². The van der Waals surface area contributed by atoms with Gasteiger partial charge < -0.3 is 14.3 Å². The molecule has 24 heavy (non-hydrogen) atoms. The summed E-state index contributed by atoms with van der Waals surface area (Å²) in [5, 5.41) is 11.5. The first-order chi connectivity index (χ1) is 11.8. The van der Waals surface area contributed by atoms with E-state index in [9.17, 15) is 4.39 Å². The third-order valence-electron chi connectivity index (χ3n) is 4.46. The first kappa shape index (κ1) is 15.1. The predicted octanol–water partition coefficient (Wildman–Crippen LogP) is 3.03. The lowest BCUT2D eigenvalue weighted by atomic mass is 9.99. The molecule has 5 nitrogen and oxygen atoms in total. The first-order valence-electron chi connectivity index (χ1n) is 8.20. The minimum Gasteiger partial charge on any atom is -0.460 e. The molecule has 1 aliphatic rings. The first-order valence-corrected chi connectivity index (χ1v) is 8.20. The molecule has 2 aromatic heterocycles. The summed E-state index contributed by atoms with van der Waals surface area (Å²) in [5.41, 5.74) is 0.496. The van der Waals surface area contributed by atoms with Gasteiger partial charge in [-0.25, -0.2) is 4.39 Å². The molecule has 0 radical (unpaired) electrons. The van der Waals surface area contributed by atoms with Crippen molar-refractivity contribution in [1.29, 1.82) is 0 Å². The van der Waals surface area contributed by atoms with E-state index in [4.69, 9.17) is 4.42 Å². The van der Waals surface area contributed by atoms with Gasteiger partial charge in [-0.3, -0.25) is 0 Å². The second kappa shape index (κ2) is 6.57. The van der Waals surface area contributed by atoms with E-state index >= 15 is 0 Å². The quantitative estimate of drug-likeness (QED) is 0.783. The van der Waals surface area contributed by atoms with Crippen molar-refractivity contribution in [2.24, 2.45) is 5.92 Å². The van der Waals surface area contributed by atoms with Gasteiger partial charge in [0.2, 0.25) is 0 Å². The molecule has 1 aromatic carbocycles. The average Bonchev–Trinajstić information content (AvgIpc) is 3.24. The van der Waals surface area contributed by atoms with Crippen molar-refractivity contribution in [2.45, 2.75) is 25.9 Å². The molecule has 124 valence electrons. The molecule has 1 N–H and O–H groups in total. The van der Waals surface area contributed by atoms with Crippen LogP contribution in [0.5, 0.6) is 0 Å². The van der Waals surface area contributed by atoms with Crippen LogP contribution >= 0.6 is 0 Å². The number of aromatic nitrogens is 3. The Bertz CT molecular complexity index is 826. The fraction of sp³-hybridized carbons (Fsp3) is 0.333. The highest BCUT2D eigenvalue weighted by atomic mass is 19.1. The molecular weight excluding hydrogens is 307 g/mol. The molecule has 1 atom stereocenters. The maximum atomic E-state index is 13.8. The van der Waals surface area contributed by atoms with Crippen molar-refractivity contribution in [2.75, 3.05) is 6.54 Å². The lowest BCUT2D eigenvalue weighted by Gasteiger charge is -2.23. The van der Waals surface area contributed by atoms with Crippen LogP contribution in [0, 0.1) is 11.7 Å². The van der Waals surface area contributed by atoms with Crippen LogP contribution in [0.3, 0.4) is 0 Å². The number of halogens is 1. The Morgan fingerprint density at radius 3 is 3.08 bits per heavy atom. The molecule has 0 spiro atoms. The normalized spacial score (nSPS) is 17.0. The van der Waals surface area contributed by atoms with Gasteiger partial charge in [-0.15, -0.1) is 10.2 Å². The third-order valence-corrected chi connectivity index (χ3v) is 4.46. The minimum atomic E-state index is -0.265. The lowest BCUT2D eigenvalue weighted by Crippen LogP contribution is -2.29. The van der Waals surface area contributed by atoms with Crippen LogP contribution < -0.4 is 5.32 Å². The van der Waals surface area contributed by atoms with Crippen LogP contribution in [0.15, 0.2) is 47.1 Å². The van der Waals surface area contributed by atoms with Crippen LogP contribution in [-0.2, 0) is 19.5 Å². The van der Waals surface area contributed by atoms with Gasteiger partial charge >= 0.3 is 0 Å². The highest BCUT2D eigenvalue weighted by molar-refractivity contribution is 5.58. The summed E-state index contributed by atoms with van der Waals surface area (Å²) >= 11 is 0. The van der Waals surface area contributed by atoms with Crippen LogP contribution in [0.1, 0.15) is 18.0 Å². The fourth-order valence-electron chi connectivity index (χ4n) is 3.17. The Labute approximate surface area is 139 Å².